The van der Waals surface area contributed by atoms with E-state index < -0.39 is 0 Å². The van der Waals surface area contributed by atoms with Gasteiger partial charge in [0.2, 0.25) is 0 Å². The first-order valence-electron chi connectivity index (χ1n) is 5.92. The second kappa shape index (κ2) is 5.01. The maximum absolute atomic E-state index is 12.3. The molecule has 0 N–H and O–H groups in total. The van der Waals surface area contributed by atoms with Crippen LogP contribution in [0.2, 0.25) is 0 Å². The van der Waals surface area contributed by atoms with Gasteiger partial charge in [-0.3, -0.25) is 4.79 Å². The molecule has 0 bridgehead atoms. The second-order valence-corrected chi connectivity index (χ2v) is 5.91. The van der Waals surface area contributed by atoms with Gasteiger partial charge in [-0.05, 0) is 13.8 Å². The molecule has 1 fully saturated rings. The number of ether oxygens (including phenoxy) is 1. The standard InChI is InChI=1S/C12H18BrN3O2/c1-12(2)7-16(5-9(4-13)18-12)11(17)10-6-15(3)8-14-10/h6,8-9H,4-5,7H2,1-3H3. The molecule has 1 unspecified atom stereocenters. The first-order chi connectivity index (χ1) is 8.41. The van der Waals surface area contributed by atoms with Gasteiger partial charge in [0.05, 0.1) is 18.0 Å². The van der Waals surface area contributed by atoms with E-state index in [0.717, 1.165) is 5.33 Å². The van der Waals surface area contributed by atoms with Gasteiger partial charge in [0.15, 0.2) is 0 Å². The molecule has 1 aliphatic rings. The molecule has 5 nitrogen and oxygen atoms in total. The predicted octanol–water partition coefficient (Wildman–Crippen LogP) is 1.43. The molecule has 0 spiro atoms. The van der Waals surface area contributed by atoms with Crippen molar-refractivity contribution in [1.82, 2.24) is 14.5 Å². The molecule has 1 aromatic rings. The normalized spacial score (nSPS) is 23.1. The van der Waals surface area contributed by atoms with E-state index in [-0.39, 0.29) is 17.6 Å². The van der Waals surface area contributed by atoms with Crippen molar-refractivity contribution in [2.75, 3.05) is 18.4 Å². The minimum absolute atomic E-state index is 0.0291. The van der Waals surface area contributed by atoms with Crippen molar-refractivity contribution >= 4 is 21.8 Å². The summed E-state index contributed by atoms with van der Waals surface area (Å²) < 4.78 is 7.66. The van der Waals surface area contributed by atoms with Gasteiger partial charge in [-0.25, -0.2) is 4.98 Å². The van der Waals surface area contributed by atoms with Crippen LogP contribution in [-0.4, -0.2) is 50.5 Å². The Morgan fingerprint density at radius 3 is 2.94 bits per heavy atom. The number of hydrogen-bond donors (Lipinski definition) is 0. The van der Waals surface area contributed by atoms with Gasteiger partial charge >= 0.3 is 0 Å². The molecule has 1 aliphatic heterocycles. The number of aromatic nitrogens is 2. The monoisotopic (exact) mass is 315 g/mol. The number of amides is 1. The van der Waals surface area contributed by atoms with Gasteiger partial charge in [0.25, 0.3) is 5.91 Å². The van der Waals surface area contributed by atoms with Crippen molar-refractivity contribution in [3.63, 3.8) is 0 Å². The summed E-state index contributed by atoms with van der Waals surface area (Å²) >= 11 is 3.42. The van der Waals surface area contributed by atoms with Crippen molar-refractivity contribution in [1.29, 1.82) is 0 Å². The summed E-state index contributed by atoms with van der Waals surface area (Å²) in [6.45, 7) is 5.19. The molecule has 0 radical (unpaired) electrons. The van der Waals surface area contributed by atoms with E-state index in [4.69, 9.17) is 4.74 Å². The van der Waals surface area contributed by atoms with Crippen molar-refractivity contribution in [3.05, 3.63) is 18.2 Å². The summed E-state index contributed by atoms with van der Waals surface area (Å²) in [5.41, 5.74) is 0.171. The van der Waals surface area contributed by atoms with Crippen LogP contribution in [0.15, 0.2) is 12.5 Å². The maximum Gasteiger partial charge on any atom is 0.274 e. The van der Waals surface area contributed by atoms with E-state index in [1.807, 2.05) is 25.8 Å². The van der Waals surface area contributed by atoms with Gasteiger partial charge in [0, 0.05) is 31.7 Å². The molecule has 6 heteroatoms. The summed E-state index contributed by atoms with van der Waals surface area (Å²) in [7, 11) is 1.86. The van der Waals surface area contributed by atoms with E-state index in [2.05, 4.69) is 20.9 Å². The van der Waals surface area contributed by atoms with Gasteiger partial charge in [-0.15, -0.1) is 0 Å². The summed E-state index contributed by atoms with van der Waals surface area (Å²) in [5.74, 6) is -0.0297. The molecule has 0 aromatic carbocycles. The Morgan fingerprint density at radius 2 is 2.39 bits per heavy atom. The van der Waals surface area contributed by atoms with Crippen LogP contribution in [-0.2, 0) is 11.8 Å². The second-order valence-electron chi connectivity index (χ2n) is 5.26. The van der Waals surface area contributed by atoms with Gasteiger partial charge in [0.1, 0.15) is 5.69 Å². The lowest BCUT2D eigenvalue weighted by molar-refractivity contribution is -0.116. The first-order valence-corrected chi connectivity index (χ1v) is 7.04. The number of carbonyl (C=O) groups is 1. The topological polar surface area (TPSA) is 47.4 Å². The van der Waals surface area contributed by atoms with Crippen LogP contribution in [0.4, 0.5) is 0 Å². The third-order valence-corrected chi connectivity index (χ3v) is 3.59. The fourth-order valence-electron chi connectivity index (χ4n) is 2.22. The lowest BCUT2D eigenvalue weighted by Gasteiger charge is -2.42. The van der Waals surface area contributed by atoms with Crippen LogP contribution < -0.4 is 0 Å². The molecule has 1 amide bonds. The Morgan fingerprint density at radius 1 is 1.67 bits per heavy atom. The number of morpholine rings is 1. The van der Waals surface area contributed by atoms with Crippen molar-refractivity contribution in [2.24, 2.45) is 7.05 Å². The number of nitrogens with zero attached hydrogens (tertiary/aromatic N) is 3. The number of rotatable bonds is 2. The summed E-state index contributed by atoms with van der Waals surface area (Å²) in [4.78, 5) is 18.3. The van der Waals surface area contributed by atoms with E-state index in [1.165, 1.54) is 0 Å². The molecule has 0 aliphatic carbocycles. The summed E-state index contributed by atoms with van der Waals surface area (Å²) in [6, 6.07) is 0. The number of imidazole rings is 1. The molecule has 2 rings (SSSR count). The third-order valence-electron chi connectivity index (χ3n) is 2.86. The number of hydrogen-bond acceptors (Lipinski definition) is 3. The number of halogens is 1. The first kappa shape index (κ1) is 13.5. The largest absolute Gasteiger partial charge is 0.368 e. The van der Waals surface area contributed by atoms with E-state index in [1.54, 1.807) is 17.1 Å². The van der Waals surface area contributed by atoms with Crippen LogP contribution in [0.5, 0.6) is 0 Å². The van der Waals surface area contributed by atoms with Crippen LogP contribution >= 0.6 is 15.9 Å². The average molecular weight is 316 g/mol. The fourth-order valence-corrected chi connectivity index (χ4v) is 2.55. The molecule has 100 valence electrons. The highest BCUT2D eigenvalue weighted by atomic mass is 79.9. The van der Waals surface area contributed by atoms with Crippen LogP contribution in [0.25, 0.3) is 0 Å². The number of alkyl halides is 1. The third kappa shape index (κ3) is 2.92. The molecule has 18 heavy (non-hydrogen) atoms. The number of aryl methyl sites for hydroxylation is 1. The maximum atomic E-state index is 12.3. The summed E-state index contributed by atoms with van der Waals surface area (Å²) in [5, 5.41) is 0.725. The van der Waals surface area contributed by atoms with Crippen LogP contribution in [0.1, 0.15) is 24.3 Å². The zero-order valence-electron chi connectivity index (χ0n) is 10.9. The highest BCUT2D eigenvalue weighted by Gasteiger charge is 2.35. The molecular weight excluding hydrogens is 298 g/mol. The lowest BCUT2D eigenvalue weighted by Crippen LogP contribution is -2.55. The predicted molar refractivity (Wildman–Crippen MR) is 71.9 cm³/mol. The molecule has 1 aromatic heterocycles. The van der Waals surface area contributed by atoms with Gasteiger partial charge in [-0.2, -0.15) is 0 Å². The molecule has 2 heterocycles. The van der Waals surface area contributed by atoms with Crippen molar-refractivity contribution in [2.45, 2.75) is 25.6 Å². The van der Waals surface area contributed by atoms with Gasteiger partial charge < -0.3 is 14.2 Å². The van der Waals surface area contributed by atoms with E-state index in [0.29, 0.717) is 18.8 Å². The van der Waals surface area contributed by atoms with Gasteiger partial charge in [-0.1, -0.05) is 15.9 Å². The molecule has 1 saturated heterocycles. The van der Waals surface area contributed by atoms with Crippen LogP contribution in [0, 0.1) is 0 Å². The smallest absolute Gasteiger partial charge is 0.274 e. The lowest BCUT2D eigenvalue weighted by atomic mass is 10.1. The number of carbonyl (C=O) groups excluding carboxylic acids is 1. The average Bonchev–Trinajstić information content (AvgIpc) is 2.72. The Labute approximate surface area is 115 Å². The highest BCUT2D eigenvalue weighted by Crippen LogP contribution is 2.23. The molecule has 1 atom stereocenters. The van der Waals surface area contributed by atoms with Crippen molar-refractivity contribution in [3.8, 4) is 0 Å². The summed E-state index contributed by atoms with van der Waals surface area (Å²) in [6.07, 6.45) is 3.41. The van der Waals surface area contributed by atoms with E-state index in [9.17, 15) is 4.79 Å². The van der Waals surface area contributed by atoms with E-state index >= 15 is 0 Å². The molecule has 0 saturated carbocycles. The SMILES string of the molecule is Cn1cnc(C(=O)N2CC(CBr)OC(C)(C)C2)c1. The highest BCUT2D eigenvalue weighted by molar-refractivity contribution is 9.09. The van der Waals surface area contributed by atoms with Crippen molar-refractivity contribution < 1.29 is 9.53 Å². The quantitative estimate of drug-likeness (QED) is 0.776. The Kier molecular flexibility index (Phi) is 3.77. The van der Waals surface area contributed by atoms with Crippen LogP contribution in [0.3, 0.4) is 0 Å². The minimum Gasteiger partial charge on any atom is -0.368 e. The Balaban J connectivity index is 2.14. The zero-order chi connectivity index (χ0) is 13.3. The minimum atomic E-state index is -0.318. The molecular formula is C12H18BrN3O2. The Hall–Kier alpha value is -0.880. The zero-order valence-corrected chi connectivity index (χ0v) is 12.5. The Bertz CT molecular complexity index is 444. The fraction of sp³-hybridized carbons (Fsp3) is 0.667.